The van der Waals surface area contributed by atoms with Gasteiger partial charge in [-0.05, 0) is 55.7 Å². The van der Waals surface area contributed by atoms with Gasteiger partial charge in [0.15, 0.2) is 5.96 Å². The highest BCUT2D eigenvalue weighted by Crippen LogP contribution is 2.36. The summed E-state index contributed by atoms with van der Waals surface area (Å²) in [5.41, 5.74) is 0.376. The maximum atomic E-state index is 13.5. The minimum absolute atomic E-state index is 0.256. The number of nitrogens with zero attached hydrogens (tertiary/aromatic N) is 1. The molecule has 0 radical (unpaired) electrons. The van der Waals surface area contributed by atoms with Crippen LogP contribution in [-0.4, -0.2) is 36.6 Å². The first-order valence-electron chi connectivity index (χ1n) is 7.55. The van der Waals surface area contributed by atoms with Crippen LogP contribution in [0.1, 0.15) is 25.3 Å². The Morgan fingerprint density at radius 1 is 1.36 bits per heavy atom. The SMILES string of the molecule is CN=C(NCCc1cc(F)ccc1F)NCC1(C)CCCS1. The van der Waals surface area contributed by atoms with E-state index >= 15 is 0 Å². The highest BCUT2D eigenvalue weighted by Gasteiger charge is 2.29. The minimum atomic E-state index is -0.412. The van der Waals surface area contributed by atoms with Crippen LogP contribution in [0.25, 0.3) is 0 Å². The standard InChI is InChI=1S/C16H23F2N3S/c1-16(7-3-9-22-16)11-21-15(19-2)20-8-6-12-10-13(17)4-5-14(12)18/h4-5,10H,3,6-9,11H2,1-2H3,(H2,19,20,21). The van der Waals surface area contributed by atoms with E-state index in [1.807, 2.05) is 11.8 Å². The molecule has 1 fully saturated rings. The van der Waals surface area contributed by atoms with E-state index in [4.69, 9.17) is 0 Å². The van der Waals surface area contributed by atoms with Crippen molar-refractivity contribution in [3.63, 3.8) is 0 Å². The van der Waals surface area contributed by atoms with Gasteiger partial charge in [-0.2, -0.15) is 11.8 Å². The van der Waals surface area contributed by atoms with Gasteiger partial charge in [0.1, 0.15) is 11.6 Å². The summed E-state index contributed by atoms with van der Waals surface area (Å²) in [6, 6.07) is 3.53. The third kappa shape index (κ3) is 4.87. The van der Waals surface area contributed by atoms with Crippen LogP contribution >= 0.6 is 11.8 Å². The summed E-state index contributed by atoms with van der Waals surface area (Å²) < 4.78 is 26.9. The molecule has 2 rings (SSSR count). The molecular formula is C16H23F2N3S. The van der Waals surface area contributed by atoms with Gasteiger partial charge in [-0.3, -0.25) is 4.99 Å². The van der Waals surface area contributed by atoms with E-state index in [9.17, 15) is 8.78 Å². The van der Waals surface area contributed by atoms with Gasteiger partial charge in [0.2, 0.25) is 0 Å². The molecule has 0 aliphatic carbocycles. The summed E-state index contributed by atoms with van der Waals surface area (Å²) in [7, 11) is 1.71. The molecule has 1 atom stereocenters. The van der Waals surface area contributed by atoms with Gasteiger partial charge in [-0.15, -0.1) is 0 Å². The van der Waals surface area contributed by atoms with Crippen LogP contribution in [0.3, 0.4) is 0 Å². The first kappa shape index (κ1) is 17.1. The summed E-state index contributed by atoms with van der Waals surface area (Å²) in [6.45, 7) is 3.61. The predicted molar refractivity (Wildman–Crippen MR) is 89.5 cm³/mol. The highest BCUT2D eigenvalue weighted by molar-refractivity contribution is 8.00. The molecule has 0 saturated carbocycles. The second-order valence-corrected chi connectivity index (χ2v) is 7.42. The molecule has 1 heterocycles. The van der Waals surface area contributed by atoms with E-state index < -0.39 is 5.82 Å². The molecule has 22 heavy (non-hydrogen) atoms. The van der Waals surface area contributed by atoms with Gasteiger partial charge in [0.05, 0.1) is 0 Å². The zero-order chi connectivity index (χ0) is 16.0. The fourth-order valence-electron chi connectivity index (χ4n) is 2.52. The second-order valence-electron chi connectivity index (χ2n) is 5.74. The number of thioether (sulfide) groups is 1. The largest absolute Gasteiger partial charge is 0.356 e. The molecule has 122 valence electrons. The number of nitrogens with one attached hydrogen (secondary N) is 2. The van der Waals surface area contributed by atoms with Crippen molar-refractivity contribution in [2.24, 2.45) is 4.99 Å². The Balaban J connectivity index is 1.78. The fourth-order valence-corrected chi connectivity index (χ4v) is 3.76. The van der Waals surface area contributed by atoms with Crippen LogP contribution in [0.15, 0.2) is 23.2 Å². The predicted octanol–water partition coefficient (Wildman–Crippen LogP) is 2.96. The van der Waals surface area contributed by atoms with Crippen molar-refractivity contribution in [1.82, 2.24) is 10.6 Å². The van der Waals surface area contributed by atoms with Crippen LogP contribution in [0.4, 0.5) is 8.78 Å². The molecule has 1 aliphatic rings. The monoisotopic (exact) mass is 327 g/mol. The first-order chi connectivity index (χ1) is 10.5. The number of hydrogen-bond acceptors (Lipinski definition) is 2. The van der Waals surface area contributed by atoms with E-state index in [0.29, 0.717) is 24.5 Å². The van der Waals surface area contributed by atoms with Crippen molar-refractivity contribution in [2.75, 3.05) is 25.9 Å². The number of halogens is 2. The van der Waals surface area contributed by atoms with Gasteiger partial charge in [-0.25, -0.2) is 8.78 Å². The van der Waals surface area contributed by atoms with E-state index in [-0.39, 0.29) is 10.6 Å². The van der Waals surface area contributed by atoms with Gasteiger partial charge < -0.3 is 10.6 Å². The van der Waals surface area contributed by atoms with Gasteiger partial charge >= 0.3 is 0 Å². The molecule has 1 aromatic carbocycles. The van der Waals surface area contributed by atoms with Crippen LogP contribution in [0.2, 0.25) is 0 Å². The zero-order valence-electron chi connectivity index (χ0n) is 13.1. The summed E-state index contributed by atoms with van der Waals surface area (Å²) in [6.07, 6.45) is 2.88. The number of benzene rings is 1. The molecule has 0 aromatic heterocycles. The molecule has 1 unspecified atom stereocenters. The fraction of sp³-hybridized carbons (Fsp3) is 0.562. The Kier molecular flexibility index (Phi) is 6.06. The molecule has 6 heteroatoms. The third-order valence-electron chi connectivity index (χ3n) is 3.85. The lowest BCUT2D eigenvalue weighted by molar-refractivity contribution is 0.577. The van der Waals surface area contributed by atoms with Crippen molar-refractivity contribution < 1.29 is 8.78 Å². The normalized spacial score (nSPS) is 21.9. The van der Waals surface area contributed by atoms with Gasteiger partial charge in [0, 0.05) is 24.9 Å². The smallest absolute Gasteiger partial charge is 0.191 e. The lowest BCUT2D eigenvalue weighted by Gasteiger charge is -2.24. The van der Waals surface area contributed by atoms with Crippen LogP contribution in [0.5, 0.6) is 0 Å². The zero-order valence-corrected chi connectivity index (χ0v) is 13.9. The lowest BCUT2D eigenvalue weighted by Crippen LogP contribution is -2.44. The molecule has 0 spiro atoms. The number of guanidine groups is 1. The first-order valence-corrected chi connectivity index (χ1v) is 8.53. The average molecular weight is 327 g/mol. The van der Waals surface area contributed by atoms with Crippen LogP contribution in [0, 0.1) is 11.6 Å². The quantitative estimate of drug-likeness (QED) is 0.645. The number of rotatable bonds is 5. The molecule has 1 aliphatic heterocycles. The molecule has 2 N–H and O–H groups in total. The summed E-state index contributed by atoms with van der Waals surface area (Å²) in [5, 5.41) is 6.46. The second kappa shape index (κ2) is 7.81. The number of aliphatic imine (C=N–C) groups is 1. The van der Waals surface area contributed by atoms with Crippen molar-refractivity contribution in [1.29, 1.82) is 0 Å². The third-order valence-corrected chi connectivity index (χ3v) is 5.39. The van der Waals surface area contributed by atoms with E-state index in [1.54, 1.807) is 7.05 Å². The van der Waals surface area contributed by atoms with E-state index in [2.05, 4.69) is 22.5 Å². The molecule has 1 saturated heterocycles. The number of hydrogen-bond donors (Lipinski definition) is 2. The van der Waals surface area contributed by atoms with Crippen LogP contribution < -0.4 is 10.6 Å². The van der Waals surface area contributed by atoms with Gasteiger partial charge in [0.25, 0.3) is 0 Å². The van der Waals surface area contributed by atoms with Crippen molar-refractivity contribution >= 4 is 17.7 Å². The van der Waals surface area contributed by atoms with E-state index in [1.165, 1.54) is 24.7 Å². The molecule has 0 amide bonds. The topological polar surface area (TPSA) is 36.4 Å². The lowest BCUT2D eigenvalue weighted by atomic mass is 10.1. The van der Waals surface area contributed by atoms with Crippen molar-refractivity contribution in [3.05, 3.63) is 35.4 Å². The Hall–Kier alpha value is -1.30. The Morgan fingerprint density at radius 2 is 2.18 bits per heavy atom. The summed E-state index contributed by atoms with van der Waals surface area (Å²) in [4.78, 5) is 4.17. The maximum absolute atomic E-state index is 13.5. The van der Waals surface area contributed by atoms with Crippen molar-refractivity contribution in [3.8, 4) is 0 Å². The Morgan fingerprint density at radius 3 is 2.86 bits per heavy atom. The van der Waals surface area contributed by atoms with Crippen LogP contribution in [-0.2, 0) is 6.42 Å². The Labute approximate surface area is 135 Å². The molecule has 1 aromatic rings. The minimum Gasteiger partial charge on any atom is -0.356 e. The maximum Gasteiger partial charge on any atom is 0.191 e. The summed E-state index contributed by atoms with van der Waals surface area (Å²) in [5.74, 6) is 1.12. The molecule has 3 nitrogen and oxygen atoms in total. The molecular weight excluding hydrogens is 304 g/mol. The van der Waals surface area contributed by atoms with Gasteiger partial charge in [-0.1, -0.05) is 0 Å². The highest BCUT2D eigenvalue weighted by atomic mass is 32.2. The van der Waals surface area contributed by atoms with Crippen molar-refractivity contribution in [2.45, 2.75) is 30.9 Å². The molecule has 0 bridgehead atoms. The Bertz CT molecular complexity index is 528. The summed E-state index contributed by atoms with van der Waals surface area (Å²) >= 11 is 1.98. The average Bonchev–Trinajstić information content (AvgIpc) is 2.93. The van der Waals surface area contributed by atoms with E-state index in [0.717, 1.165) is 18.7 Å².